The number of β-amino-alcohol motifs (C(OH)–C–C–N with tert-alkyl or cyclic N) is 1. The van der Waals surface area contributed by atoms with Gasteiger partial charge in [-0.05, 0) is 0 Å². The summed E-state index contributed by atoms with van der Waals surface area (Å²) in [7, 11) is 0. The largest absolute Gasteiger partial charge is 0.389 e. The topological polar surface area (TPSA) is 82.7 Å². The van der Waals surface area contributed by atoms with Crippen molar-refractivity contribution in [3.05, 3.63) is 0 Å². The lowest BCUT2D eigenvalue weighted by molar-refractivity contribution is 0.180. The van der Waals surface area contributed by atoms with E-state index in [1.165, 1.54) is 0 Å². The van der Waals surface area contributed by atoms with Crippen LogP contribution in [0, 0.1) is 0 Å². The number of aliphatic hydroxyl groups excluding tert-OH is 1. The molecule has 10 heavy (non-hydrogen) atoms. The third-order valence-electron chi connectivity index (χ3n) is 1.10. The van der Waals surface area contributed by atoms with Crippen molar-refractivity contribution < 1.29 is 5.11 Å². The summed E-state index contributed by atoms with van der Waals surface area (Å²) in [5.74, 6) is 5.57. The van der Waals surface area contributed by atoms with Gasteiger partial charge >= 0.3 is 0 Å². The average Bonchev–Trinajstić information content (AvgIpc) is 1.90. The van der Waals surface area contributed by atoms with Gasteiger partial charge in [0.25, 0.3) is 0 Å². The third-order valence-corrected chi connectivity index (χ3v) is 1.10. The van der Waals surface area contributed by atoms with Crippen molar-refractivity contribution in [1.82, 2.24) is 10.7 Å². The lowest BCUT2D eigenvalue weighted by Crippen LogP contribution is -2.48. The summed E-state index contributed by atoms with van der Waals surface area (Å²) in [6.07, 6.45) is -0.373. The number of nitrogens with zero attached hydrogens (tertiary/aromatic N) is 1. The van der Waals surface area contributed by atoms with Crippen molar-refractivity contribution in [1.29, 1.82) is 0 Å². The van der Waals surface area contributed by atoms with Crippen LogP contribution >= 0.6 is 17.0 Å². The van der Waals surface area contributed by atoms with Crippen LogP contribution in [0.15, 0.2) is 4.99 Å². The monoisotopic (exact) mass is 210 g/mol. The average molecular weight is 211 g/mol. The van der Waals surface area contributed by atoms with Crippen LogP contribution in [-0.2, 0) is 0 Å². The first kappa shape index (κ1) is 9.67. The van der Waals surface area contributed by atoms with Gasteiger partial charge in [-0.2, -0.15) is 0 Å². The summed E-state index contributed by atoms with van der Waals surface area (Å²) in [6.45, 7) is 0.940. The van der Waals surface area contributed by atoms with Gasteiger partial charge in [-0.3, -0.25) is 5.43 Å². The molecule has 0 spiro atoms. The lowest BCUT2D eigenvalue weighted by atomic mass is 10.3. The molecule has 1 unspecified atom stereocenters. The van der Waals surface area contributed by atoms with E-state index in [4.69, 9.17) is 10.9 Å². The molecule has 0 aromatic carbocycles. The smallest absolute Gasteiger partial charge is 0.205 e. The maximum absolute atomic E-state index is 8.88. The molecule has 5 nitrogen and oxygen atoms in total. The molecule has 0 saturated heterocycles. The Kier molecular flexibility index (Phi) is 4.33. The maximum atomic E-state index is 8.88. The Bertz CT molecular complexity index is 128. The highest BCUT2D eigenvalue weighted by atomic mass is 79.9. The Morgan fingerprint density at radius 2 is 2.50 bits per heavy atom. The van der Waals surface area contributed by atoms with E-state index >= 15 is 0 Å². The molecule has 6 heteroatoms. The van der Waals surface area contributed by atoms with Crippen molar-refractivity contribution in [2.24, 2.45) is 10.8 Å². The summed E-state index contributed by atoms with van der Waals surface area (Å²) >= 11 is 0. The van der Waals surface area contributed by atoms with E-state index in [0.29, 0.717) is 19.0 Å². The van der Waals surface area contributed by atoms with Crippen LogP contribution in [0.2, 0.25) is 0 Å². The van der Waals surface area contributed by atoms with Crippen LogP contribution in [0.25, 0.3) is 0 Å². The predicted octanol–water partition coefficient (Wildman–Crippen LogP) is -1.65. The number of halogens is 1. The summed E-state index contributed by atoms with van der Waals surface area (Å²) in [5, 5.41) is 11.7. The third kappa shape index (κ3) is 2.51. The zero-order valence-corrected chi connectivity index (χ0v) is 7.08. The molecule has 5 N–H and O–H groups in total. The summed E-state index contributed by atoms with van der Waals surface area (Å²) in [5.41, 5.74) is 2.35. The van der Waals surface area contributed by atoms with Gasteiger partial charge < -0.3 is 10.4 Å². The van der Waals surface area contributed by atoms with E-state index in [1.807, 2.05) is 0 Å². The Balaban J connectivity index is 0.000000810. The first-order chi connectivity index (χ1) is 4.33. The van der Waals surface area contributed by atoms with Crippen LogP contribution in [0.5, 0.6) is 0 Å². The zero-order chi connectivity index (χ0) is 6.69. The number of aliphatic hydroxyl groups is 1. The van der Waals surface area contributed by atoms with Crippen molar-refractivity contribution >= 4 is 22.9 Å². The highest BCUT2D eigenvalue weighted by Gasteiger charge is 2.09. The van der Waals surface area contributed by atoms with Crippen molar-refractivity contribution in [3.63, 3.8) is 0 Å². The summed E-state index contributed by atoms with van der Waals surface area (Å²) < 4.78 is 0. The van der Waals surface area contributed by atoms with Crippen molar-refractivity contribution in [2.45, 2.75) is 6.10 Å². The van der Waals surface area contributed by atoms with E-state index in [9.17, 15) is 0 Å². The summed E-state index contributed by atoms with van der Waals surface area (Å²) in [6, 6.07) is 0. The number of hydrogen-bond donors (Lipinski definition) is 4. The van der Waals surface area contributed by atoms with Crippen LogP contribution in [0.1, 0.15) is 0 Å². The minimum Gasteiger partial charge on any atom is -0.389 e. The van der Waals surface area contributed by atoms with Crippen LogP contribution < -0.4 is 16.6 Å². The number of hydrazine groups is 1. The number of guanidine groups is 1. The minimum atomic E-state index is -0.373. The molecule has 1 atom stereocenters. The standard InChI is InChI=1S/C4H10N4O.BrH/c5-8-4-6-1-3(9)2-7-4;/h3,9H,1-2,5H2,(H2,6,7,8);1H. The van der Waals surface area contributed by atoms with Crippen molar-refractivity contribution in [2.75, 3.05) is 13.1 Å². The number of rotatable bonds is 0. The molecule has 0 fully saturated rings. The number of aliphatic imine (C=N–C) groups is 1. The van der Waals surface area contributed by atoms with E-state index in [2.05, 4.69) is 15.7 Å². The molecule has 60 valence electrons. The quantitative estimate of drug-likeness (QED) is 0.286. The molecule has 1 aliphatic rings. The fraction of sp³-hybridized carbons (Fsp3) is 0.750. The first-order valence-electron chi connectivity index (χ1n) is 2.76. The molecule has 0 saturated carbocycles. The predicted molar refractivity (Wildman–Crippen MR) is 44.0 cm³/mol. The molecular weight excluding hydrogens is 200 g/mol. The van der Waals surface area contributed by atoms with Crippen LogP contribution in [0.4, 0.5) is 0 Å². The molecular formula is C4H11BrN4O. The molecule has 1 heterocycles. The van der Waals surface area contributed by atoms with E-state index in [1.54, 1.807) is 0 Å². The second-order valence-corrected chi connectivity index (χ2v) is 1.87. The second kappa shape index (κ2) is 4.48. The van der Waals surface area contributed by atoms with Gasteiger partial charge in [0.15, 0.2) is 0 Å². The highest BCUT2D eigenvalue weighted by molar-refractivity contribution is 8.93. The number of nitrogens with two attached hydrogens (primary N) is 1. The summed E-state index contributed by atoms with van der Waals surface area (Å²) in [4.78, 5) is 3.85. The fourth-order valence-electron chi connectivity index (χ4n) is 0.628. The normalized spacial score (nSPS) is 23.8. The molecule has 0 aliphatic carbocycles. The Hall–Kier alpha value is -0.330. The van der Waals surface area contributed by atoms with E-state index in [-0.39, 0.29) is 23.1 Å². The Labute approximate surface area is 69.4 Å². The Morgan fingerprint density at radius 3 is 2.90 bits per heavy atom. The SMILES string of the molecule is Br.NNC1=NCC(O)CN1. The number of hydrogen-bond acceptors (Lipinski definition) is 5. The van der Waals surface area contributed by atoms with Gasteiger partial charge in [-0.1, -0.05) is 0 Å². The van der Waals surface area contributed by atoms with Gasteiger partial charge in [0, 0.05) is 6.54 Å². The molecule has 1 aliphatic heterocycles. The first-order valence-corrected chi connectivity index (χ1v) is 2.76. The van der Waals surface area contributed by atoms with Crippen molar-refractivity contribution in [3.8, 4) is 0 Å². The maximum Gasteiger partial charge on any atom is 0.205 e. The van der Waals surface area contributed by atoms with Gasteiger partial charge in [-0.15, -0.1) is 17.0 Å². The molecule has 0 aromatic rings. The molecule has 0 bridgehead atoms. The van der Waals surface area contributed by atoms with Crippen LogP contribution in [-0.4, -0.2) is 30.3 Å². The molecule has 0 radical (unpaired) electrons. The number of nitrogens with one attached hydrogen (secondary N) is 2. The lowest BCUT2D eigenvalue weighted by Gasteiger charge is -2.17. The fourth-order valence-corrected chi connectivity index (χ4v) is 0.628. The second-order valence-electron chi connectivity index (χ2n) is 1.87. The molecule has 0 amide bonds. The van der Waals surface area contributed by atoms with E-state index in [0.717, 1.165) is 0 Å². The van der Waals surface area contributed by atoms with Crippen LogP contribution in [0.3, 0.4) is 0 Å². The van der Waals surface area contributed by atoms with Gasteiger partial charge in [-0.25, -0.2) is 10.8 Å². The van der Waals surface area contributed by atoms with E-state index < -0.39 is 0 Å². The zero-order valence-electron chi connectivity index (χ0n) is 5.37. The van der Waals surface area contributed by atoms with Gasteiger partial charge in [0.2, 0.25) is 5.96 Å². The molecule has 0 aromatic heterocycles. The van der Waals surface area contributed by atoms with Gasteiger partial charge in [0.1, 0.15) is 0 Å². The minimum absolute atomic E-state index is 0. The van der Waals surface area contributed by atoms with Gasteiger partial charge in [0.05, 0.1) is 12.6 Å². The Morgan fingerprint density at radius 1 is 1.80 bits per heavy atom. The molecule has 1 rings (SSSR count). The highest BCUT2D eigenvalue weighted by Crippen LogP contribution is 1.87.